The van der Waals surface area contributed by atoms with E-state index in [1.54, 1.807) is 0 Å². The van der Waals surface area contributed by atoms with Crippen molar-refractivity contribution in [1.82, 2.24) is 4.90 Å². The molecule has 0 spiro atoms. The Morgan fingerprint density at radius 1 is 0.886 bits per heavy atom. The highest BCUT2D eigenvalue weighted by molar-refractivity contribution is 5.95. The molecule has 2 amide bonds. The molecule has 0 atom stereocenters. The van der Waals surface area contributed by atoms with Crippen LogP contribution in [0.3, 0.4) is 0 Å². The number of anilines is 3. The molecule has 0 unspecified atom stereocenters. The number of nitrogens with one attached hydrogen (secondary N) is 2. The first-order valence-corrected chi connectivity index (χ1v) is 12.7. The van der Waals surface area contributed by atoms with E-state index in [4.69, 9.17) is 4.74 Å². The summed E-state index contributed by atoms with van der Waals surface area (Å²) in [4.78, 5) is 29.8. The Balaban J connectivity index is 1.57. The number of ether oxygens (including phenoxy) is 1. The first-order chi connectivity index (χ1) is 16.8. The fraction of sp³-hybridized carbons (Fsp3) is 0.500. The molecular formula is C28H40N4O3. The topological polar surface area (TPSA) is 73.9 Å². The lowest BCUT2D eigenvalue weighted by atomic mass is 9.92. The maximum Gasteiger partial charge on any atom is 0.238 e. The first kappa shape index (κ1) is 26.7. The van der Waals surface area contributed by atoms with Gasteiger partial charge in [-0.15, -0.1) is 0 Å². The molecule has 35 heavy (non-hydrogen) atoms. The normalized spacial score (nSPS) is 14.0. The highest BCUT2D eigenvalue weighted by atomic mass is 16.5. The number of carbonyl (C=O) groups is 2. The van der Waals surface area contributed by atoms with Crippen LogP contribution in [0.5, 0.6) is 0 Å². The van der Waals surface area contributed by atoms with Crippen LogP contribution in [0.25, 0.3) is 0 Å². The minimum absolute atomic E-state index is 0.107. The molecule has 1 aliphatic rings. The van der Waals surface area contributed by atoms with E-state index >= 15 is 0 Å². The molecule has 0 bridgehead atoms. The number of hydrogen-bond donors (Lipinski definition) is 2. The van der Waals surface area contributed by atoms with Crippen molar-refractivity contribution in [1.29, 1.82) is 0 Å². The zero-order chi connectivity index (χ0) is 25.4. The first-order valence-electron chi connectivity index (χ1n) is 12.7. The molecule has 0 radical (unpaired) electrons. The average Bonchev–Trinajstić information content (AvgIpc) is 2.84. The number of hydrogen-bond acceptors (Lipinski definition) is 5. The summed E-state index contributed by atoms with van der Waals surface area (Å²) < 4.78 is 5.41. The highest BCUT2D eigenvalue weighted by Crippen LogP contribution is 2.32. The van der Waals surface area contributed by atoms with Crippen molar-refractivity contribution in [3.63, 3.8) is 0 Å². The SMILES string of the molecule is CCN(CC(=O)Nc1ccc(N2CCOCC2)cc1)CC(=O)Nc1c(C(C)C)cccc1C(C)C. The van der Waals surface area contributed by atoms with Crippen molar-refractivity contribution in [2.45, 2.75) is 46.5 Å². The molecule has 2 aromatic rings. The van der Waals surface area contributed by atoms with Crippen molar-refractivity contribution in [2.24, 2.45) is 0 Å². The summed E-state index contributed by atoms with van der Waals surface area (Å²) in [5, 5.41) is 6.09. The zero-order valence-electron chi connectivity index (χ0n) is 21.8. The number of morpholine rings is 1. The molecule has 0 aliphatic carbocycles. The Hall–Kier alpha value is -2.90. The molecule has 1 saturated heterocycles. The fourth-order valence-corrected chi connectivity index (χ4v) is 4.34. The van der Waals surface area contributed by atoms with E-state index in [-0.39, 0.29) is 24.9 Å². The summed E-state index contributed by atoms with van der Waals surface area (Å²) in [6.07, 6.45) is 0. The van der Waals surface area contributed by atoms with Gasteiger partial charge in [0.1, 0.15) is 0 Å². The third-order valence-corrected chi connectivity index (χ3v) is 6.35. The summed E-state index contributed by atoms with van der Waals surface area (Å²) >= 11 is 0. The van der Waals surface area contributed by atoms with Crippen molar-refractivity contribution in [3.8, 4) is 0 Å². The van der Waals surface area contributed by atoms with Crippen LogP contribution in [0.4, 0.5) is 17.1 Å². The number of para-hydroxylation sites is 1. The molecule has 0 aromatic heterocycles. The van der Waals surface area contributed by atoms with Crippen LogP contribution < -0.4 is 15.5 Å². The smallest absolute Gasteiger partial charge is 0.238 e. The van der Waals surface area contributed by atoms with Gasteiger partial charge in [0.15, 0.2) is 0 Å². The van der Waals surface area contributed by atoms with E-state index in [0.29, 0.717) is 18.4 Å². The second kappa shape index (κ2) is 12.7. The van der Waals surface area contributed by atoms with Crippen LogP contribution in [0.15, 0.2) is 42.5 Å². The van der Waals surface area contributed by atoms with E-state index < -0.39 is 0 Å². The summed E-state index contributed by atoms with van der Waals surface area (Å²) in [5.74, 6) is 0.354. The van der Waals surface area contributed by atoms with Gasteiger partial charge in [-0.3, -0.25) is 14.5 Å². The molecule has 1 fully saturated rings. The second-order valence-electron chi connectivity index (χ2n) is 9.67. The molecule has 190 valence electrons. The number of rotatable bonds is 10. The Morgan fingerprint density at radius 3 is 1.94 bits per heavy atom. The standard InChI is InChI=1S/C28H40N4O3/c1-6-31(19-27(34)30-28-24(20(2)3)8-7-9-25(28)21(4)5)18-26(33)29-22-10-12-23(13-11-22)32-14-16-35-17-15-32/h7-13,20-21H,6,14-19H2,1-5H3,(H,29,33)(H,30,34). The van der Waals surface area contributed by atoms with Crippen LogP contribution in [0.1, 0.15) is 57.6 Å². The largest absolute Gasteiger partial charge is 0.378 e. The summed E-state index contributed by atoms with van der Waals surface area (Å²) in [5.41, 5.74) is 5.04. The Labute approximate surface area is 209 Å². The lowest BCUT2D eigenvalue weighted by molar-refractivity contribution is -0.119. The van der Waals surface area contributed by atoms with Gasteiger partial charge in [-0.05, 0) is 53.8 Å². The van der Waals surface area contributed by atoms with Crippen molar-refractivity contribution in [3.05, 3.63) is 53.6 Å². The summed E-state index contributed by atoms with van der Waals surface area (Å²) in [6, 6.07) is 14.1. The molecule has 3 rings (SSSR count). The van der Waals surface area contributed by atoms with E-state index in [9.17, 15) is 9.59 Å². The predicted octanol–water partition coefficient (Wildman–Crippen LogP) is 4.67. The molecule has 7 heteroatoms. The molecule has 1 heterocycles. The third-order valence-electron chi connectivity index (χ3n) is 6.35. The Bertz CT molecular complexity index is 956. The molecule has 7 nitrogen and oxygen atoms in total. The zero-order valence-corrected chi connectivity index (χ0v) is 21.8. The highest BCUT2D eigenvalue weighted by Gasteiger charge is 2.19. The number of carbonyl (C=O) groups excluding carboxylic acids is 2. The predicted molar refractivity (Wildman–Crippen MR) is 143 cm³/mol. The molecule has 2 aromatic carbocycles. The van der Waals surface area contributed by atoms with E-state index in [0.717, 1.165) is 54.5 Å². The van der Waals surface area contributed by atoms with Gasteiger partial charge < -0.3 is 20.3 Å². The van der Waals surface area contributed by atoms with Crippen LogP contribution in [0.2, 0.25) is 0 Å². The fourth-order valence-electron chi connectivity index (χ4n) is 4.34. The van der Waals surface area contributed by atoms with Crippen molar-refractivity contribution < 1.29 is 14.3 Å². The second-order valence-corrected chi connectivity index (χ2v) is 9.67. The van der Waals surface area contributed by atoms with Gasteiger partial charge >= 0.3 is 0 Å². The minimum atomic E-state index is -0.135. The van der Waals surface area contributed by atoms with E-state index in [2.05, 4.69) is 61.4 Å². The summed E-state index contributed by atoms with van der Waals surface area (Å²) in [7, 11) is 0. The van der Waals surface area contributed by atoms with Crippen molar-refractivity contribution >= 4 is 28.9 Å². The molecular weight excluding hydrogens is 440 g/mol. The minimum Gasteiger partial charge on any atom is -0.378 e. The van der Waals surface area contributed by atoms with Gasteiger partial charge in [0.05, 0.1) is 26.3 Å². The van der Waals surface area contributed by atoms with Gasteiger partial charge in [0.2, 0.25) is 11.8 Å². The van der Waals surface area contributed by atoms with Crippen LogP contribution >= 0.6 is 0 Å². The molecule has 0 saturated carbocycles. The lowest BCUT2D eigenvalue weighted by Gasteiger charge is -2.29. The third kappa shape index (κ3) is 7.54. The maximum atomic E-state index is 13.0. The monoisotopic (exact) mass is 480 g/mol. The number of benzene rings is 2. The number of nitrogens with zero attached hydrogens (tertiary/aromatic N) is 2. The molecule has 1 aliphatic heterocycles. The van der Waals surface area contributed by atoms with Gasteiger partial charge in [0.25, 0.3) is 0 Å². The van der Waals surface area contributed by atoms with Crippen LogP contribution in [-0.2, 0) is 14.3 Å². The van der Waals surface area contributed by atoms with Gasteiger partial charge in [-0.2, -0.15) is 0 Å². The van der Waals surface area contributed by atoms with E-state index in [1.807, 2.05) is 36.1 Å². The van der Waals surface area contributed by atoms with Crippen molar-refractivity contribution in [2.75, 3.05) is 61.5 Å². The Kier molecular flexibility index (Phi) is 9.69. The van der Waals surface area contributed by atoms with E-state index in [1.165, 1.54) is 0 Å². The molecule has 2 N–H and O–H groups in total. The average molecular weight is 481 g/mol. The Morgan fingerprint density at radius 2 is 1.43 bits per heavy atom. The number of amides is 2. The van der Waals surface area contributed by atoms with Gasteiger partial charge in [0, 0.05) is 30.2 Å². The quantitative estimate of drug-likeness (QED) is 0.517. The van der Waals surface area contributed by atoms with Crippen LogP contribution in [0, 0.1) is 0 Å². The number of likely N-dealkylation sites (N-methyl/N-ethyl adjacent to an activating group) is 1. The summed E-state index contributed by atoms with van der Waals surface area (Å²) in [6.45, 7) is 14.6. The lowest BCUT2D eigenvalue weighted by Crippen LogP contribution is -2.39. The van der Waals surface area contributed by atoms with Gasteiger partial charge in [-0.25, -0.2) is 0 Å². The van der Waals surface area contributed by atoms with Gasteiger partial charge in [-0.1, -0.05) is 52.8 Å². The van der Waals surface area contributed by atoms with Crippen LogP contribution in [-0.4, -0.2) is 62.7 Å². The maximum absolute atomic E-state index is 13.0.